The predicted octanol–water partition coefficient (Wildman–Crippen LogP) is 5.19. The average Bonchev–Trinajstić information content (AvgIpc) is 2.96. The van der Waals surface area contributed by atoms with E-state index in [9.17, 15) is 0 Å². The van der Waals surface area contributed by atoms with Gasteiger partial charge in [-0.1, -0.05) is 17.7 Å². The van der Waals surface area contributed by atoms with E-state index >= 15 is 0 Å². The van der Waals surface area contributed by atoms with E-state index in [0.717, 1.165) is 4.34 Å². The van der Waals surface area contributed by atoms with E-state index in [4.69, 9.17) is 11.6 Å². The quantitative estimate of drug-likeness (QED) is 0.822. The lowest BCUT2D eigenvalue weighted by atomic mass is 9.93. The van der Waals surface area contributed by atoms with Gasteiger partial charge in [-0.15, -0.1) is 22.7 Å². The molecule has 0 saturated heterocycles. The van der Waals surface area contributed by atoms with E-state index in [1.165, 1.54) is 34.6 Å². The molecule has 0 aliphatic heterocycles. The minimum absolute atomic E-state index is 0.416. The van der Waals surface area contributed by atoms with Crippen molar-refractivity contribution in [3.63, 3.8) is 0 Å². The summed E-state index contributed by atoms with van der Waals surface area (Å²) in [5.74, 6) is 0. The van der Waals surface area contributed by atoms with E-state index in [0.29, 0.717) is 12.1 Å². The smallest absolute Gasteiger partial charge is 0.0934 e. The fourth-order valence-corrected chi connectivity index (χ4v) is 4.74. The maximum atomic E-state index is 6.15. The molecule has 0 spiro atoms. The molecule has 0 bridgehead atoms. The van der Waals surface area contributed by atoms with Gasteiger partial charge in [-0.05, 0) is 49.3 Å². The summed E-state index contributed by atoms with van der Waals surface area (Å²) in [6.45, 7) is 2.24. The summed E-state index contributed by atoms with van der Waals surface area (Å²) in [5.41, 5.74) is 1.43. The van der Waals surface area contributed by atoms with Crippen LogP contribution in [0.1, 0.15) is 47.2 Å². The molecule has 1 nitrogen and oxygen atoms in total. The standard InChI is InChI=1S/C14H16ClNS2/c1-9(12-6-3-7-17-12)16-11-4-2-5-13-10(11)8-14(15)18-13/h3,6-9,11,16H,2,4-5H2,1H3. The van der Waals surface area contributed by atoms with Gasteiger partial charge in [0, 0.05) is 21.8 Å². The Bertz CT molecular complexity index is 518. The molecule has 2 unspecified atom stereocenters. The first kappa shape index (κ1) is 12.7. The third kappa shape index (κ3) is 2.50. The Morgan fingerprint density at radius 3 is 3.17 bits per heavy atom. The molecule has 1 aliphatic rings. The largest absolute Gasteiger partial charge is 0.303 e. The van der Waals surface area contributed by atoms with Crippen molar-refractivity contribution in [2.75, 3.05) is 0 Å². The Kier molecular flexibility index (Phi) is 3.76. The van der Waals surface area contributed by atoms with Gasteiger partial charge in [0.2, 0.25) is 0 Å². The number of fused-ring (bicyclic) bond motifs is 1. The summed E-state index contributed by atoms with van der Waals surface area (Å²) in [6.07, 6.45) is 3.67. The van der Waals surface area contributed by atoms with Gasteiger partial charge in [0.25, 0.3) is 0 Å². The van der Waals surface area contributed by atoms with Gasteiger partial charge >= 0.3 is 0 Å². The SMILES string of the molecule is CC(NC1CCCc2sc(Cl)cc21)c1cccs1. The van der Waals surface area contributed by atoms with Crippen LogP contribution in [0.2, 0.25) is 4.34 Å². The van der Waals surface area contributed by atoms with Gasteiger partial charge in [-0.25, -0.2) is 0 Å². The van der Waals surface area contributed by atoms with Crippen LogP contribution in [0, 0.1) is 0 Å². The number of hydrogen-bond acceptors (Lipinski definition) is 3. The molecule has 2 atom stereocenters. The summed E-state index contributed by atoms with van der Waals surface area (Å²) < 4.78 is 0.928. The van der Waals surface area contributed by atoms with Crippen LogP contribution in [0.15, 0.2) is 23.6 Å². The zero-order chi connectivity index (χ0) is 12.5. The van der Waals surface area contributed by atoms with Crippen molar-refractivity contribution in [2.24, 2.45) is 0 Å². The predicted molar refractivity (Wildman–Crippen MR) is 80.9 cm³/mol. The second-order valence-corrected chi connectivity index (χ2v) is 7.52. The Hall–Kier alpha value is -0.350. The lowest BCUT2D eigenvalue weighted by Crippen LogP contribution is -2.26. The van der Waals surface area contributed by atoms with E-state index in [1.54, 1.807) is 11.3 Å². The minimum atomic E-state index is 0.416. The Labute approximate surface area is 121 Å². The molecule has 0 saturated carbocycles. The number of rotatable bonds is 3. The highest BCUT2D eigenvalue weighted by molar-refractivity contribution is 7.16. The highest BCUT2D eigenvalue weighted by Gasteiger charge is 2.24. The molecule has 1 N–H and O–H groups in total. The number of nitrogens with one attached hydrogen (secondary N) is 1. The third-order valence-electron chi connectivity index (χ3n) is 3.50. The molecule has 2 aromatic heterocycles. The molecule has 3 rings (SSSR count). The summed E-state index contributed by atoms with van der Waals surface area (Å²) >= 11 is 9.71. The van der Waals surface area contributed by atoms with Crippen molar-refractivity contribution in [3.05, 3.63) is 43.2 Å². The fourth-order valence-electron chi connectivity index (χ4n) is 2.62. The van der Waals surface area contributed by atoms with E-state index in [2.05, 4.69) is 35.8 Å². The molecule has 2 aromatic rings. The minimum Gasteiger partial charge on any atom is -0.303 e. The first-order valence-electron chi connectivity index (χ1n) is 6.31. The summed E-state index contributed by atoms with van der Waals surface area (Å²) in [7, 11) is 0. The van der Waals surface area contributed by atoms with Gasteiger partial charge < -0.3 is 5.32 Å². The second kappa shape index (κ2) is 5.33. The van der Waals surface area contributed by atoms with Crippen molar-refractivity contribution >= 4 is 34.3 Å². The molecule has 4 heteroatoms. The maximum absolute atomic E-state index is 6.15. The molecule has 1 aliphatic carbocycles. The number of hydrogen-bond donors (Lipinski definition) is 1. The van der Waals surface area contributed by atoms with Gasteiger partial charge in [-0.2, -0.15) is 0 Å². The normalized spacial score (nSPS) is 20.7. The van der Waals surface area contributed by atoms with Crippen LogP contribution in [-0.2, 0) is 6.42 Å². The Morgan fingerprint density at radius 1 is 1.50 bits per heavy atom. The van der Waals surface area contributed by atoms with Crippen molar-refractivity contribution in [1.82, 2.24) is 5.32 Å². The van der Waals surface area contributed by atoms with E-state index < -0.39 is 0 Å². The Balaban J connectivity index is 1.78. The molecule has 96 valence electrons. The van der Waals surface area contributed by atoms with Gasteiger partial charge in [-0.3, -0.25) is 0 Å². The highest BCUT2D eigenvalue weighted by atomic mass is 35.5. The van der Waals surface area contributed by atoms with Gasteiger partial charge in [0.1, 0.15) is 0 Å². The first-order valence-corrected chi connectivity index (χ1v) is 8.39. The van der Waals surface area contributed by atoms with Crippen molar-refractivity contribution in [3.8, 4) is 0 Å². The van der Waals surface area contributed by atoms with Crippen molar-refractivity contribution in [1.29, 1.82) is 0 Å². The van der Waals surface area contributed by atoms with Gasteiger partial charge in [0.05, 0.1) is 4.34 Å². The van der Waals surface area contributed by atoms with E-state index in [-0.39, 0.29) is 0 Å². The summed E-state index contributed by atoms with van der Waals surface area (Å²) in [4.78, 5) is 2.88. The lowest BCUT2D eigenvalue weighted by Gasteiger charge is -2.26. The molecule has 0 fully saturated rings. The molecule has 0 amide bonds. The molecular weight excluding hydrogens is 282 g/mol. The number of aryl methyl sites for hydroxylation is 1. The van der Waals surface area contributed by atoms with Crippen LogP contribution in [0.4, 0.5) is 0 Å². The molecule has 0 radical (unpaired) electrons. The van der Waals surface area contributed by atoms with Crippen LogP contribution in [-0.4, -0.2) is 0 Å². The number of halogens is 1. The molecular formula is C14H16ClNS2. The zero-order valence-electron chi connectivity index (χ0n) is 10.3. The van der Waals surface area contributed by atoms with Crippen LogP contribution >= 0.6 is 34.3 Å². The third-order valence-corrected chi connectivity index (χ3v) is 5.90. The first-order chi connectivity index (χ1) is 8.74. The summed E-state index contributed by atoms with van der Waals surface area (Å²) in [5, 5.41) is 5.89. The molecule has 18 heavy (non-hydrogen) atoms. The topological polar surface area (TPSA) is 12.0 Å². The fraction of sp³-hybridized carbons (Fsp3) is 0.429. The molecule has 0 aromatic carbocycles. The van der Waals surface area contributed by atoms with Crippen LogP contribution in [0.25, 0.3) is 0 Å². The Morgan fingerprint density at radius 2 is 2.39 bits per heavy atom. The van der Waals surface area contributed by atoms with E-state index in [1.807, 2.05) is 11.3 Å². The zero-order valence-corrected chi connectivity index (χ0v) is 12.7. The maximum Gasteiger partial charge on any atom is 0.0934 e. The van der Waals surface area contributed by atoms with Crippen LogP contribution < -0.4 is 5.32 Å². The summed E-state index contributed by atoms with van der Waals surface area (Å²) in [6, 6.07) is 7.35. The number of thiophene rings is 2. The van der Waals surface area contributed by atoms with Crippen LogP contribution in [0.5, 0.6) is 0 Å². The lowest BCUT2D eigenvalue weighted by molar-refractivity contribution is 0.421. The monoisotopic (exact) mass is 297 g/mol. The van der Waals surface area contributed by atoms with Crippen molar-refractivity contribution in [2.45, 2.75) is 38.3 Å². The van der Waals surface area contributed by atoms with Crippen LogP contribution in [0.3, 0.4) is 0 Å². The average molecular weight is 298 g/mol. The second-order valence-electron chi connectivity index (χ2n) is 4.78. The highest BCUT2D eigenvalue weighted by Crippen LogP contribution is 2.39. The van der Waals surface area contributed by atoms with Gasteiger partial charge in [0.15, 0.2) is 0 Å². The van der Waals surface area contributed by atoms with Crippen molar-refractivity contribution < 1.29 is 0 Å². The molecule has 2 heterocycles.